The molecule has 1 amide bonds. The quantitative estimate of drug-likeness (QED) is 0.699. The van der Waals surface area contributed by atoms with Crippen LogP contribution < -0.4 is 10.6 Å². The number of rotatable bonds is 3. The van der Waals surface area contributed by atoms with Gasteiger partial charge in [0, 0.05) is 25.0 Å². The van der Waals surface area contributed by atoms with Crippen molar-refractivity contribution in [3.05, 3.63) is 65.5 Å². The predicted molar refractivity (Wildman–Crippen MR) is 106 cm³/mol. The van der Waals surface area contributed by atoms with Crippen molar-refractivity contribution < 1.29 is 9.21 Å². The molecule has 150 valence electrons. The van der Waals surface area contributed by atoms with Crippen molar-refractivity contribution in [3.8, 4) is 6.07 Å². The topological polar surface area (TPSA) is 130 Å². The van der Waals surface area contributed by atoms with E-state index in [9.17, 15) is 10.1 Å². The van der Waals surface area contributed by atoms with E-state index in [-0.39, 0.29) is 11.7 Å². The maximum Gasteiger partial charge on any atom is 0.293 e. The van der Waals surface area contributed by atoms with E-state index in [0.717, 1.165) is 12.1 Å². The molecule has 1 aromatic carbocycles. The van der Waals surface area contributed by atoms with E-state index in [1.807, 2.05) is 17.9 Å². The summed E-state index contributed by atoms with van der Waals surface area (Å²) in [5.74, 6) is 0.792. The minimum Gasteiger partial charge on any atom is -0.444 e. The first-order valence-corrected chi connectivity index (χ1v) is 9.49. The Bertz CT molecular complexity index is 1210. The van der Waals surface area contributed by atoms with Crippen molar-refractivity contribution in [2.75, 3.05) is 18.0 Å². The number of carbonyl (C=O) groups is 1. The van der Waals surface area contributed by atoms with Gasteiger partial charge in [-0.25, -0.2) is 14.6 Å². The standard InChI is InChI=1S/C20H18N8O2/c1-12-16(30-11-23-12)19-27(14-5-2-4-13(8-14)9-21)10-15(22)18-24-17(25-28(18)19)20(29)26-6-3-7-26/h2,4-5,8,10-11,19H,3,6-7,22H2,1H3. The zero-order valence-electron chi connectivity index (χ0n) is 16.2. The molecule has 10 nitrogen and oxygen atoms in total. The van der Waals surface area contributed by atoms with Gasteiger partial charge in [0.25, 0.3) is 5.91 Å². The van der Waals surface area contributed by atoms with Crippen molar-refractivity contribution in [2.45, 2.75) is 19.5 Å². The monoisotopic (exact) mass is 402 g/mol. The lowest BCUT2D eigenvalue weighted by Crippen LogP contribution is -2.42. The van der Waals surface area contributed by atoms with E-state index in [1.165, 1.54) is 6.39 Å². The van der Waals surface area contributed by atoms with Crippen LogP contribution in [0.1, 0.15) is 46.0 Å². The number of carbonyl (C=O) groups excluding carboxylic acids is 1. The number of nitrogens with zero attached hydrogens (tertiary/aromatic N) is 7. The maximum atomic E-state index is 12.7. The molecule has 0 radical (unpaired) electrons. The largest absolute Gasteiger partial charge is 0.444 e. The molecule has 1 unspecified atom stereocenters. The van der Waals surface area contributed by atoms with Crippen LogP contribution in [0.15, 0.2) is 41.3 Å². The van der Waals surface area contributed by atoms with Crippen LogP contribution >= 0.6 is 0 Å². The second-order valence-electron chi connectivity index (χ2n) is 7.18. The minimum atomic E-state index is -0.603. The van der Waals surface area contributed by atoms with Crippen LogP contribution in [0.25, 0.3) is 5.70 Å². The minimum absolute atomic E-state index is 0.0934. The van der Waals surface area contributed by atoms with Gasteiger partial charge in [0.1, 0.15) is 0 Å². The summed E-state index contributed by atoms with van der Waals surface area (Å²) in [5.41, 5.74) is 8.54. The Kier molecular flexibility index (Phi) is 4.03. The van der Waals surface area contributed by atoms with E-state index < -0.39 is 6.17 Å². The molecule has 4 heterocycles. The van der Waals surface area contributed by atoms with E-state index >= 15 is 0 Å². The number of aryl methyl sites for hydroxylation is 1. The Balaban J connectivity index is 1.66. The lowest BCUT2D eigenvalue weighted by molar-refractivity contribution is 0.0638. The number of aromatic nitrogens is 4. The highest BCUT2D eigenvalue weighted by Crippen LogP contribution is 2.36. The molecule has 1 atom stereocenters. The summed E-state index contributed by atoms with van der Waals surface area (Å²) in [4.78, 5) is 24.8. The normalized spacial score (nSPS) is 17.7. The van der Waals surface area contributed by atoms with Gasteiger partial charge in [0.2, 0.25) is 5.82 Å². The van der Waals surface area contributed by atoms with Gasteiger partial charge in [0.15, 0.2) is 24.1 Å². The molecule has 0 saturated carbocycles. The van der Waals surface area contributed by atoms with Crippen molar-refractivity contribution in [3.63, 3.8) is 0 Å². The molecule has 2 aromatic heterocycles. The fourth-order valence-electron chi connectivity index (χ4n) is 3.59. The van der Waals surface area contributed by atoms with Gasteiger partial charge in [-0.1, -0.05) is 6.07 Å². The third-order valence-electron chi connectivity index (χ3n) is 5.29. The third kappa shape index (κ3) is 2.71. The fourth-order valence-corrected chi connectivity index (χ4v) is 3.59. The molecular weight excluding hydrogens is 384 g/mol. The van der Waals surface area contributed by atoms with Gasteiger partial charge in [-0.05, 0) is 31.5 Å². The first-order chi connectivity index (χ1) is 14.6. The molecule has 2 aliphatic rings. The van der Waals surface area contributed by atoms with Crippen molar-refractivity contribution in [2.24, 2.45) is 5.73 Å². The zero-order valence-corrected chi connectivity index (χ0v) is 16.2. The number of fused-ring (bicyclic) bond motifs is 1. The third-order valence-corrected chi connectivity index (χ3v) is 5.29. The molecule has 0 aliphatic carbocycles. The number of nitrogens with two attached hydrogens (primary N) is 1. The van der Waals surface area contributed by atoms with Crippen LogP contribution in [-0.2, 0) is 0 Å². The SMILES string of the molecule is Cc1ncoc1C1N(c2cccc(C#N)c2)C=C(N)c2nc(C(=O)N3CCC3)nn21. The number of benzene rings is 1. The summed E-state index contributed by atoms with van der Waals surface area (Å²) in [6.07, 6.45) is 3.45. The highest BCUT2D eigenvalue weighted by Gasteiger charge is 2.36. The Morgan fingerprint density at radius 1 is 1.37 bits per heavy atom. The van der Waals surface area contributed by atoms with Crippen LogP contribution in [0.3, 0.4) is 0 Å². The van der Waals surface area contributed by atoms with Gasteiger partial charge in [-0.15, -0.1) is 5.10 Å². The Morgan fingerprint density at radius 2 is 2.20 bits per heavy atom. The van der Waals surface area contributed by atoms with Gasteiger partial charge in [0.05, 0.1) is 23.0 Å². The van der Waals surface area contributed by atoms with E-state index in [1.54, 1.807) is 34.0 Å². The second-order valence-corrected chi connectivity index (χ2v) is 7.18. The summed E-state index contributed by atoms with van der Waals surface area (Å²) in [7, 11) is 0. The molecule has 10 heteroatoms. The predicted octanol–water partition coefficient (Wildman–Crippen LogP) is 1.62. The van der Waals surface area contributed by atoms with Crippen LogP contribution in [0.2, 0.25) is 0 Å². The smallest absolute Gasteiger partial charge is 0.293 e. The molecule has 5 rings (SSSR count). The van der Waals surface area contributed by atoms with Gasteiger partial charge < -0.3 is 20.0 Å². The molecule has 2 aliphatic heterocycles. The first kappa shape index (κ1) is 17.9. The van der Waals surface area contributed by atoms with Gasteiger partial charge in [-0.3, -0.25) is 4.79 Å². The van der Waals surface area contributed by atoms with Crippen LogP contribution in [0.5, 0.6) is 0 Å². The van der Waals surface area contributed by atoms with Crippen LogP contribution in [0, 0.1) is 18.3 Å². The average Bonchev–Trinajstić information content (AvgIpc) is 3.34. The number of hydrogen-bond donors (Lipinski definition) is 1. The Morgan fingerprint density at radius 3 is 2.87 bits per heavy atom. The highest BCUT2D eigenvalue weighted by atomic mass is 16.3. The number of amides is 1. The van der Waals surface area contributed by atoms with Crippen molar-refractivity contribution >= 4 is 17.3 Å². The first-order valence-electron chi connectivity index (χ1n) is 9.49. The molecule has 1 saturated heterocycles. The van der Waals surface area contributed by atoms with Crippen molar-refractivity contribution in [1.82, 2.24) is 24.6 Å². The summed E-state index contributed by atoms with van der Waals surface area (Å²) < 4.78 is 7.26. The molecule has 0 bridgehead atoms. The lowest BCUT2D eigenvalue weighted by atomic mass is 10.1. The molecule has 2 N–H and O–H groups in total. The van der Waals surface area contributed by atoms with Gasteiger partial charge in [-0.2, -0.15) is 5.26 Å². The summed E-state index contributed by atoms with van der Waals surface area (Å²) in [6, 6.07) is 9.26. The zero-order chi connectivity index (χ0) is 20.8. The molecule has 1 fully saturated rings. The summed E-state index contributed by atoms with van der Waals surface area (Å²) >= 11 is 0. The van der Waals surface area contributed by atoms with E-state index in [4.69, 9.17) is 10.2 Å². The summed E-state index contributed by atoms with van der Waals surface area (Å²) in [6.45, 7) is 3.23. The number of nitriles is 1. The molecule has 30 heavy (non-hydrogen) atoms. The lowest BCUT2D eigenvalue weighted by Gasteiger charge is -2.33. The average molecular weight is 402 g/mol. The Labute approximate surface area is 171 Å². The maximum absolute atomic E-state index is 12.7. The number of hydrogen-bond acceptors (Lipinski definition) is 8. The van der Waals surface area contributed by atoms with Gasteiger partial charge >= 0.3 is 0 Å². The molecular formula is C20H18N8O2. The van der Waals surface area contributed by atoms with E-state index in [0.29, 0.717) is 41.6 Å². The van der Waals surface area contributed by atoms with Crippen LogP contribution in [0.4, 0.5) is 5.69 Å². The Hall–Kier alpha value is -4.13. The number of anilines is 1. The highest BCUT2D eigenvalue weighted by molar-refractivity contribution is 5.91. The summed E-state index contributed by atoms with van der Waals surface area (Å²) in [5, 5.41) is 13.8. The number of oxazole rings is 1. The fraction of sp³-hybridized carbons (Fsp3) is 0.250. The van der Waals surface area contributed by atoms with E-state index in [2.05, 4.69) is 21.1 Å². The second kappa shape index (κ2) is 6.73. The molecule has 0 spiro atoms. The van der Waals surface area contributed by atoms with Crippen molar-refractivity contribution in [1.29, 1.82) is 5.26 Å². The van der Waals surface area contributed by atoms with Crippen LogP contribution in [-0.4, -0.2) is 43.6 Å². The number of likely N-dealkylation sites (tertiary alicyclic amines) is 1. The molecule has 3 aromatic rings.